The highest BCUT2D eigenvalue weighted by Gasteiger charge is 2.29. The average Bonchev–Trinajstić information content (AvgIpc) is 2.83. The number of carboxylic acids is 1. The van der Waals surface area contributed by atoms with Crippen molar-refractivity contribution in [2.24, 2.45) is 11.8 Å². The molecule has 0 bridgehead atoms. The molecule has 1 atom stereocenters. The third-order valence-electron chi connectivity index (χ3n) is 4.35. The van der Waals surface area contributed by atoms with Crippen LogP contribution in [0, 0.1) is 11.8 Å². The van der Waals surface area contributed by atoms with Gasteiger partial charge in [0.2, 0.25) is 0 Å². The summed E-state index contributed by atoms with van der Waals surface area (Å²) < 4.78 is 0. The largest absolute Gasteiger partial charge is 0.481 e. The summed E-state index contributed by atoms with van der Waals surface area (Å²) in [6.45, 7) is 5.53. The third-order valence-corrected chi connectivity index (χ3v) is 4.35. The van der Waals surface area contributed by atoms with E-state index in [0.29, 0.717) is 11.8 Å². The molecule has 2 amide bonds. The van der Waals surface area contributed by atoms with Gasteiger partial charge in [-0.25, -0.2) is 4.79 Å². The van der Waals surface area contributed by atoms with Crippen molar-refractivity contribution in [2.75, 3.05) is 26.2 Å². The van der Waals surface area contributed by atoms with E-state index in [0.717, 1.165) is 51.9 Å². The Morgan fingerprint density at radius 3 is 2.26 bits per heavy atom. The molecule has 2 fully saturated rings. The summed E-state index contributed by atoms with van der Waals surface area (Å²) in [5.41, 5.74) is 0. The van der Waals surface area contributed by atoms with Crippen LogP contribution in [-0.4, -0.2) is 53.1 Å². The number of urea groups is 1. The van der Waals surface area contributed by atoms with Crippen LogP contribution < -0.4 is 0 Å². The van der Waals surface area contributed by atoms with Gasteiger partial charge in [0.05, 0.1) is 0 Å². The van der Waals surface area contributed by atoms with E-state index in [1.807, 2.05) is 9.80 Å². The molecule has 0 aliphatic carbocycles. The van der Waals surface area contributed by atoms with E-state index in [1.54, 1.807) is 0 Å². The predicted octanol–water partition coefficient (Wildman–Crippen LogP) is 2.03. The lowest BCUT2D eigenvalue weighted by Crippen LogP contribution is -2.45. The van der Waals surface area contributed by atoms with Crippen LogP contribution in [-0.2, 0) is 4.79 Å². The first-order valence-electron chi connectivity index (χ1n) is 7.32. The van der Waals surface area contributed by atoms with Crippen LogP contribution in [0.1, 0.15) is 39.0 Å². The fraction of sp³-hybridized carbons (Fsp3) is 0.857. The number of carbonyl (C=O) groups is 2. The normalized spacial score (nSPS) is 24.8. The Balaban J connectivity index is 1.73. The number of piperidine rings is 1. The van der Waals surface area contributed by atoms with Gasteiger partial charge in [0.15, 0.2) is 0 Å². The van der Waals surface area contributed by atoms with Crippen molar-refractivity contribution in [1.82, 2.24) is 9.80 Å². The highest BCUT2D eigenvalue weighted by atomic mass is 16.4. The molecule has 1 unspecified atom stereocenters. The molecule has 0 aromatic carbocycles. The molecule has 0 saturated carbocycles. The second-order valence-corrected chi connectivity index (χ2v) is 5.99. The second kappa shape index (κ2) is 6.26. The van der Waals surface area contributed by atoms with E-state index in [1.165, 1.54) is 0 Å². The van der Waals surface area contributed by atoms with Crippen LogP contribution in [0.4, 0.5) is 4.79 Å². The Kier molecular flexibility index (Phi) is 4.66. The molecule has 2 rings (SSSR count). The molecule has 0 spiro atoms. The minimum absolute atomic E-state index is 0.182. The quantitative estimate of drug-likeness (QED) is 0.852. The molecule has 108 valence electrons. The van der Waals surface area contributed by atoms with E-state index in [2.05, 4.69) is 6.92 Å². The number of amides is 2. The van der Waals surface area contributed by atoms with Crippen molar-refractivity contribution in [3.8, 4) is 0 Å². The van der Waals surface area contributed by atoms with Crippen LogP contribution >= 0.6 is 0 Å². The molecular weight excluding hydrogens is 244 g/mol. The van der Waals surface area contributed by atoms with Crippen LogP contribution in [0.2, 0.25) is 0 Å². The molecule has 1 N–H and O–H groups in total. The van der Waals surface area contributed by atoms with E-state index in [-0.39, 0.29) is 12.5 Å². The fourth-order valence-corrected chi connectivity index (χ4v) is 3.05. The van der Waals surface area contributed by atoms with Crippen LogP contribution in [0.3, 0.4) is 0 Å². The summed E-state index contributed by atoms with van der Waals surface area (Å²) in [6, 6.07) is 0.182. The molecule has 5 heteroatoms. The molecule has 2 aliphatic rings. The monoisotopic (exact) mass is 268 g/mol. The lowest BCUT2D eigenvalue weighted by Gasteiger charge is -2.34. The number of likely N-dealkylation sites (tertiary alicyclic amines) is 2. The molecule has 0 radical (unpaired) electrons. The smallest absolute Gasteiger partial charge is 0.320 e. The van der Waals surface area contributed by atoms with E-state index in [4.69, 9.17) is 5.11 Å². The minimum Gasteiger partial charge on any atom is -0.481 e. The average molecular weight is 268 g/mol. The maximum Gasteiger partial charge on any atom is 0.320 e. The first-order valence-corrected chi connectivity index (χ1v) is 7.32. The highest BCUT2D eigenvalue weighted by Crippen LogP contribution is 2.24. The van der Waals surface area contributed by atoms with E-state index in [9.17, 15) is 9.59 Å². The maximum absolute atomic E-state index is 12.3. The van der Waals surface area contributed by atoms with Crippen molar-refractivity contribution in [2.45, 2.75) is 39.0 Å². The van der Waals surface area contributed by atoms with Crippen molar-refractivity contribution >= 4 is 12.0 Å². The topological polar surface area (TPSA) is 60.9 Å². The number of hydrogen-bond acceptors (Lipinski definition) is 2. The Morgan fingerprint density at radius 1 is 1.11 bits per heavy atom. The zero-order valence-corrected chi connectivity index (χ0v) is 11.7. The summed E-state index contributed by atoms with van der Waals surface area (Å²) >= 11 is 0. The number of carbonyl (C=O) groups excluding carboxylic acids is 1. The molecule has 2 saturated heterocycles. The molecule has 19 heavy (non-hydrogen) atoms. The van der Waals surface area contributed by atoms with Crippen LogP contribution in [0.25, 0.3) is 0 Å². The molecule has 2 heterocycles. The Hall–Kier alpha value is -1.26. The molecule has 2 aliphatic heterocycles. The van der Waals surface area contributed by atoms with Crippen molar-refractivity contribution in [3.05, 3.63) is 0 Å². The lowest BCUT2D eigenvalue weighted by molar-refractivity contribution is -0.137. The summed E-state index contributed by atoms with van der Waals surface area (Å²) in [5, 5.41) is 8.68. The predicted molar refractivity (Wildman–Crippen MR) is 71.9 cm³/mol. The van der Waals surface area contributed by atoms with E-state index >= 15 is 0 Å². The Morgan fingerprint density at radius 2 is 1.74 bits per heavy atom. The van der Waals surface area contributed by atoms with Gasteiger partial charge in [-0.15, -0.1) is 0 Å². The fourth-order valence-electron chi connectivity index (χ4n) is 3.05. The number of carboxylic acid groups (broad SMARTS) is 1. The lowest BCUT2D eigenvalue weighted by atomic mass is 9.92. The van der Waals surface area contributed by atoms with Gasteiger partial charge in [-0.2, -0.15) is 0 Å². The third kappa shape index (κ3) is 3.85. The molecular formula is C14H24N2O3. The van der Waals surface area contributed by atoms with Gasteiger partial charge in [-0.05, 0) is 37.5 Å². The van der Waals surface area contributed by atoms with Gasteiger partial charge in [0.1, 0.15) is 0 Å². The first-order chi connectivity index (χ1) is 9.06. The number of hydrogen-bond donors (Lipinski definition) is 1. The van der Waals surface area contributed by atoms with Crippen LogP contribution in [0.5, 0.6) is 0 Å². The first kappa shape index (κ1) is 14.2. The Bertz CT molecular complexity index is 338. The molecule has 0 aromatic rings. The van der Waals surface area contributed by atoms with Gasteiger partial charge >= 0.3 is 12.0 Å². The molecule has 5 nitrogen and oxygen atoms in total. The van der Waals surface area contributed by atoms with Gasteiger partial charge in [0, 0.05) is 32.6 Å². The summed E-state index contributed by atoms with van der Waals surface area (Å²) in [4.78, 5) is 26.7. The minimum atomic E-state index is -0.718. The number of aliphatic carboxylic acids is 1. The SMILES string of the molecule is CC1CCN(C(=O)N2CCC(CCC(=O)O)CC2)C1. The van der Waals surface area contributed by atoms with Crippen LogP contribution in [0.15, 0.2) is 0 Å². The maximum atomic E-state index is 12.3. The zero-order valence-electron chi connectivity index (χ0n) is 11.7. The highest BCUT2D eigenvalue weighted by molar-refractivity contribution is 5.74. The van der Waals surface area contributed by atoms with Crippen molar-refractivity contribution < 1.29 is 14.7 Å². The van der Waals surface area contributed by atoms with Gasteiger partial charge < -0.3 is 14.9 Å². The zero-order chi connectivity index (χ0) is 13.8. The Labute approximate surface area is 114 Å². The standard InChI is InChI=1S/C14H24N2O3/c1-11-4-7-16(10-11)14(19)15-8-5-12(6-9-15)2-3-13(17)18/h11-12H,2-10H2,1H3,(H,17,18). The van der Waals surface area contributed by atoms with Crippen molar-refractivity contribution in [3.63, 3.8) is 0 Å². The number of nitrogens with zero attached hydrogens (tertiary/aromatic N) is 2. The van der Waals surface area contributed by atoms with Gasteiger partial charge in [-0.1, -0.05) is 6.92 Å². The summed E-state index contributed by atoms with van der Waals surface area (Å²) in [5.74, 6) is 0.374. The second-order valence-electron chi connectivity index (χ2n) is 5.99. The summed E-state index contributed by atoms with van der Waals surface area (Å²) in [7, 11) is 0. The summed E-state index contributed by atoms with van der Waals surface area (Å²) in [6.07, 6.45) is 4.01. The molecule has 0 aromatic heterocycles. The van der Waals surface area contributed by atoms with Gasteiger partial charge in [0.25, 0.3) is 0 Å². The van der Waals surface area contributed by atoms with Gasteiger partial charge in [-0.3, -0.25) is 4.79 Å². The van der Waals surface area contributed by atoms with Crippen molar-refractivity contribution in [1.29, 1.82) is 0 Å². The number of rotatable bonds is 3. The van der Waals surface area contributed by atoms with E-state index < -0.39 is 5.97 Å².